The Morgan fingerprint density at radius 3 is 2.78 bits per heavy atom. The first kappa shape index (κ1) is 11.7. The lowest BCUT2D eigenvalue weighted by atomic mass is 9.90. The van der Waals surface area contributed by atoms with Gasteiger partial charge in [-0.3, -0.25) is 0 Å². The molecule has 0 saturated heterocycles. The molecule has 1 aliphatic carbocycles. The highest BCUT2D eigenvalue weighted by molar-refractivity contribution is 9.10. The summed E-state index contributed by atoms with van der Waals surface area (Å²) in [4.78, 5) is 4.36. The maximum atomic E-state index is 4.36. The van der Waals surface area contributed by atoms with E-state index in [2.05, 4.69) is 44.4 Å². The number of nitrogens with zero attached hydrogens (tertiary/aromatic N) is 1. The number of fused-ring (bicyclic) bond motifs is 1. The number of aromatic nitrogens is 1. The van der Waals surface area contributed by atoms with E-state index in [4.69, 9.17) is 0 Å². The third kappa shape index (κ3) is 2.41. The average molecular weight is 303 g/mol. The fourth-order valence-corrected chi connectivity index (χ4v) is 2.72. The van der Waals surface area contributed by atoms with Gasteiger partial charge in [0.15, 0.2) is 0 Å². The van der Waals surface area contributed by atoms with Crippen molar-refractivity contribution in [3.8, 4) is 0 Å². The molecule has 92 valence electrons. The first-order chi connectivity index (χ1) is 8.83. The largest absolute Gasteiger partial charge is 0.340 e. The van der Waals surface area contributed by atoms with E-state index in [1.165, 1.54) is 42.5 Å². The highest BCUT2D eigenvalue weighted by Gasteiger charge is 2.12. The molecule has 0 saturated carbocycles. The van der Waals surface area contributed by atoms with Crippen molar-refractivity contribution in [2.45, 2.75) is 25.7 Å². The van der Waals surface area contributed by atoms with E-state index in [9.17, 15) is 0 Å². The van der Waals surface area contributed by atoms with Crippen molar-refractivity contribution < 1.29 is 0 Å². The Balaban J connectivity index is 1.90. The van der Waals surface area contributed by atoms with Crippen LogP contribution in [0.3, 0.4) is 0 Å². The summed E-state index contributed by atoms with van der Waals surface area (Å²) in [6, 6.07) is 10.5. The van der Waals surface area contributed by atoms with Crippen LogP contribution in [0.4, 0.5) is 11.5 Å². The number of benzene rings is 1. The normalized spacial score (nSPS) is 14.1. The number of pyridine rings is 1. The van der Waals surface area contributed by atoms with Gasteiger partial charge in [0.1, 0.15) is 5.82 Å². The molecule has 0 unspecified atom stereocenters. The summed E-state index contributed by atoms with van der Waals surface area (Å²) in [6.07, 6.45) is 6.80. The third-order valence-corrected chi connectivity index (χ3v) is 3.86. The molecule has 0 amide bonds. The lowest BCUT2D eigenvalue weighted by Gasteiger charge is -2.19. The monoisotopic (exact) mass is 302 g/mol. The van der Waals surface area contributed by atoms with E-state index >= 15 is 0 Å². The van der Waals surface area contributed by atoms with Crippen LogP contribution in [-0.4, -0.2) is 4.98 Å². The van der Waals surface area contributed by atoms with Crippen molar-refractivity contribution >= 4 is 27.4 Å². The number of rotatable bonds is 2. The van der Waals surface area contributed by atoms with E-state index in [1.54, 1.807) is 0 Å². The van der Waals surface area contributed by atoms with E-state index in [1.807, 2.05) is 18.3 Å². The fourth-order valence-electron chi connectivity index (χ4n) is 2.49. The molecular formula is C15H15BrN2. The lowest BCUT2D eigenvalue weighted by Crippen LogP contribution is -2.06. The molecule has 2 nitrogen and oxygen atoms in total. The van der Waals surface area contributed by atoms with Crippen LogP contribution in [-0.2, 0) is 12.8 Å². The zero-order chi connectivity index (χ0) is 12.4. The molecule has 2 aromatic rings. The molecule has 3 rings (SSSR count). The fraction of sp³-hybridized carbons (Fsp3) is 0.267. The second-order valence-corrected chi connectivity index (χ2v) is 5.55. The zero-order valence-electron chi connectivity index (χ0n) is 10.1. The Morgan fingerprint density at radius 2 is 1.94 bits per heavy atom. The molecule has 1 heterocycles. The smallest absolute Gasteiger partial charge is 0.130 e. The molecule has 0 bridgehead atoms. The second-order valence-electron chi connectivity index (χ2n) is 4.64. The molecule has 0 radical (unpaired) electrons. The van der Waals surface area contributed by atoms with Crippen molar-refractivity contribution in [3.63, 3.8) is 0 Å². The van der Waals surface area contributed by atoms with Crippen molar-refractivity contribution in [1.29, 1.82) is 0 Å². The Hall–Kier alpha value is -1.35. The summed E-state index contributed by atoms with van der Waals surface area (Å²) >= 11 is 3.40. The number of hydrogen-bond acceptors (Lipinski definition) is 2. The summed E-state index contributed by atoms with van der Waals surface area (Å²) < 4.78 is 1.00. The van der Waals surface area contributed by atoms with E-state index in [0.717, 1.165) is 10.3 Å². The molecule has 0 aliphatic heterocycles. The highest BCUT2D eigenvalue weighted by Crippen LogP contribution is 2.29. The summed E-state index contributed by atoms with van der Waals surface area (Å²) in [7, 11) is 0. The number of halogens is 1. The van der Waals surface area contributed by atoms with Gasteiger partial charge in [0.05, 0.1) is 0 Å². The van der Waals surface area contributed by atoms with Crippen molar-refractivity contribution in [3.05, 3.63) is 52.1 Å². The van der Waals surface area contributed by atoms with Crippen LogP contribution in [0.2, 0.25) is 0 Å². The molecule has 1 N–H and O–H groups in total. The van der Waals surface area contributed by atoms with Crippen molar-refractivity contribution in [2.24, 2.45) is 0 Å². The van der Waals surface area contributed by atoms with Gasteiger partial charge in [-0.05, 0) is 70.9 Å². The predicted molar refractivity (Wildman–Crippen MR) is 78.3 cm³/mol. The van der Waals surface area contributed by atoms with E-state index in [0.29, 0.717) is 0 Å². The molecule has 0 fully saturated rings. The molecule has 0 spiro atoms. The highest BCUT2D eigenvalue weighted by atomic mass is 79.9. The minimum absolute atomic E-state index is 0.900. The van der Waals surface area contributed by atoms with Crippen LogP contribution >= 0.6 is 15.9 Å². The van der Waals surface area contributed by atoms with Crippen LogP contribution in [0.25, 0.3) is 0 Å². The van der Waals surface area contributed by atoms with Crippen LogP contribution in [0.1, 0.15) is 24.0 Å². The van der Waals surface area contributed by atoms with E-state index in [-0.39, 0.29) is 0 Å². The Labute approximate surface area is 116 Å². The predicted octanol–water partition coefficient (Wildman–Crippen LogP) is 4.47. The maximum absolute atomic E-state index is 4.36. The van der Waals surface area contributed by atoms with E-state index < -0.39 is 0 Å². The van der Waals surface area contributed by atoms with Gasteiger partial charge < -0.3 is 5.32 Å². The molecule has 18 heavy (non-hydrogen) atoms. The minimum atomic E-state index is 0.900. The number of anilines is 2. The summed E-state index contributed by atoms with van der Waals surface area (Å²) in [6.45, 7) is 0. The summed E-state index contributed by atoms with van der Waals surface area (Å²) in [5.74, 6) is 0.900. The van der Waals surface area contributed by atoms with Crippen LogP contribution < -0.4 is 5.32 Å². The molecule has 1 aromatic carbocycles. The van der Waals surface area contributed by atoms with Crippen LogP contribution in [0.15, 0.2) is 41.0 Å². The van der Waals surface area contributed by atoms with Gasteiger partial charge in [0, 0.05) is 16.4 Å². The molecule has 0 atom stereocenters. The summed E-state index contributed by atoms with van der Waals surface area (Å²) in [5.41, 5.74) is 4.17. The van der Waals surface area contributed by atoms with Gasteiger partial charge in [0.2, 0.25) is 0 Å². The topological polar surface area (TPSA) is 24.9 Å². The van der Waals surface area contributed by atoms with Gasteiger partial charge in [-0.25, -0.2) is 4.98 Å². The Kier molecular flexibility index (Phi) is 3.33. The quantitative estimate of drug-likeness (QED) is 0.885. The lowest BCUT2D eigenvalue weighted by molar-refractivity contribution is 0.687. The van der Waals surface area contributed by atoms with Crippen LogP contribution in [0.5, 0.6) is 0 Å². The molecule has 1 aliphatic rings. The average Bonchev–Trinajstić information content (AvgIpc) is 2.42. The molecular weight excluding hydrogens is 288 g/mol. The second kappa shape index (κ2) is 5.11. The first-order valence-electron chi connectivity index (χ1n) is 6.32. The standard InChI is InChI=1S/C15H15BrN2/c16-12-8-9-15(17-10-12)18-14-7-3-5-11-4-1-2-6-13(11)14/h3,5,7-10H,1-2,4,6H2,(H,17,18). The third-order valence-electron chi connectivity index (χ3n) is 3.39. The van der Waals surface area contributed by atoms with Gasteiger partial charge >= 0.3 is 0 Å². The Bertz CT molecular complexity index is 549. The van der Waals surface area contributed by atoms with Gasteiger partial charge in [-0.2, -0.15) is 0 Å². The number of aryl methyl sites for hydroxylation is 1. The number of hydrogen-bond donors (Lipinski definition) is 1. The zero-order valence-corrected chi connectivity index (χ0v) is 11.7. The van der Waals surface area contributed by atoms with Gasteiger partial charge in [-0.1, -0.05) is 12.1 Å². The SMILES string of the molecule is Brc1ccc(Nc2cccc3c2CCCC3)nc1. The van der Waals surface area contributed by atoms with Gasteiger partial charge in [-0.15, -0.1) is 0 Å². The van der Waals surface area contributed by atoms with Crippen molar-refractivity contribution in [1.82, 2.24) is 4.98 Å². The molecule has 3 heteroatoms. The minimum Gasteiger partial charge on any atom is -0.340 e. The Morgan fingerprint density at radius 1 is 1.06 bits per heavy atom. The maximum Gasteiger partial charge on any atom is 0.130 e. The van der Waals surface area contributed by atoms with Crippen molar-refractivity contribution in [2.75, 3.05) is 5.32 Å². The van der Waals surface area contributed by atoms with Crippen LogP contribution in [0, 0.1) is 0 Å². The first-order valence-corrected chi connectivity index (χ1v) is 7.11. The summed E-state index contributed by atoms with van der Waals surface area (Å²) in [5, 5.41) is 3.43. The molecule has 1 aromatic heterocycles. The number of nitrogens with one attached hydrogen (secondary N) is 1. The van der Waals surface area contributed by atoms with Gasteiger partial charge in [0.25, 0.3) is 0 Å².